The minimum Gasteiger partial charge on any atom is -0.323 e. The molecular weight excluding hydrogens is 254 g/mol. The van der Waals surface area contributed by atoms with Crippen LogP contribution in [0.15, 0.2) is 18.2 Å². The van der Waals surface area contributed by atoms with Crippen molar-refractivity contribution in [3.05, 3.63) is 35.4 Å². The average molecular weight is 270 g/mol. The predicted molar refractivity (Wildman–Crippen MR) is 63.2 cm³/mol. The van der Waals surface area contributed by atoms with Gasteiger partial charge in [0.25, 0.3) is 0 Å². The van der Waals surface area contributed by atoms with Crippen molar-refractivity contribution in [2.45, 2.75) is 25.7 Å². The van der Waals surface area contributed by atoms with Crippen LogP contribution in [0.4, 0.5) is 8.78 Å². The molecule has 0 N–H and O–H groups in total. The molecule has 0 radical (unpaired) electrons. The van der Waals surface area contributed by atoms with Gasteiger partial charge in [-0.3, -0.25) is 0 Å². The lowest BCUT2D eigenvalue weighted by atomic mass is 9.84. The maximum atomic E-state index is 13.3. The summed E-state index contributed by atoms with van der Waals surface area (Å²) in [6, 6.07) is 3.54. The summed E-state index contributed by atoms with van der Waals surface area (Å²) in [5.41, 5.74) is 0.255. The maximum Gasteiger partial charge on any atom is 0.312 e. The topological polar surface area (TPSA) is 27.7 Å². The van der Waals surface area contributed by atoms with Gasteiger partial charge in [-0.1, -0.05) is 13.3 Å². The van der Waals surface area contributed by atoms with E-state index in [1.54, 1.807) is 0 Å². The number of rotatable bonds is 3. The van der Waals surface area contributed by atoms with Crippen LogP contribution in [-0.4, -0.2) is 19.8 Å². The SMILES string of the molecule is CCCC12COC(c3ccc(F)c(F)c3)(OC1)OC2. The molecular formula is C14H16F2O3. The zero-order chi connectivity index (χ0) is 13.5. The van der Waals surface area contributed by atoms with Gasteiger partial charge in [0, 0.05) is 11.0 Å². The molecule has 0 aliphatic carbocycles. The summed E-state index contributed by atoms with van der Waals surface area (Å²) in [7, 11) is 0. The molecule has 3 aliphatic rings. The summed E-state index contributed by atoms with van der Waals surface area (Å²) in [5, 5.41) is 0. The van der Waals surface area contributed by atoms with Crippen LogP contribution < -0.4 is 0 Å². The van der Waals surface area contributed by atoms with E-state index < -0.39 is 17.6 Å². The largest absolute Gasteiger partial charge is 0.323 e. The van der Waals surface area contributed by atoms with Crippen LogP contribution >= 0.6 is 0 Å². The van der Waals surface area contributed by atoms with Gasteiger partial charge in [0.15, 0.2) is 11.6 Å². The molecule has 5 heteroatoms. The minimum absolute atomic E-state index is 0.102. The van der Waals surface area contributed by atoms with Crippen LogP contribution in [0.5, 0.6) is 0 Å². The Morgan fingerprint density at radius 2 is 1.68 bits per heavy atom. The predicted octanol–water partition coefficient (Wildman–Crippen LogP) is 2.94. The lowest BCUT2D eigenvalue weighted by Crippen LogP contribution is -2.58. The van der Waals surface area contributed by atoms with E-state index in [1.165, 1.54) is 6.07 Å². The molecule has 3 aliphatic heterocycles. The summed E-state index contributed by atoms with van der Waals surface area (Å²) in [4.78, 5) is 0. The molecule has 3 saturated heterocycles. The molecule has 1 aromatic rings. The first-order valence-electron chi connectivity index (χ1n) is 6.47. The molecule has 3 heterocycles. The second-order valence-electron chi connectivity index (χ2n) is 5.30. The van der Waals surface area contributed by atoms with E-state index >= 15 is 0 Å². The third-order valence-corrected chi connectivity index (χ3v) is 3.76. The van der Waals surface area contributed by atoms with Gasteiger partial charge in [-0.05, 0) is 24.6 Å². The molecule has 0 atom stereocenters. The van der Waals surface area contributed by atoms with Crippen LogP contribution in [0.3, 0.4) is 0 Å². The average Bonchev–Trinajstić information content (AvgIpc) is 2.44. The Hall–Kier alpha value is -1.04. The van der Waals surface area contributed by atoms with Crippen LogP contribution in [0, 0.1) is 17.0 Å². The van der Waals surface area contributed by atoms with Crippen molar-refractivity contribution < 1.29 is 23.0 Å². The first-order valence-corrected chi connectivity index (χ1v) is 6.47. The molecule has 19 heavy (non-hydrogen) atoms. The molecule has 0 spiro atoms. The van der Waals surface area contributed by atoms with Crippen molar-refractivity contribution in [1.29, 1.82) is 0 Å². The highest BCUT2D eigenvalue weighted by atomic mass is 19.2. The first kappa shape index (κ1) is 13.0. The first-order chi connectivity index (χ1) is 9.09. The number of benzene rings is 1. The lowest BCUT2D eigenvalue weighted by Gasteiger charge is -2.51. The molecule has 3 nitrogen and oxygen atoms in total. The number of halogens is 2. The van der Waals surface area contributed by atoms with Crippen LogP contribution in [-0.2, 0) is 20.2 Å². The van der Waals surface area contributed by atoms with Gasteiger partial charge in [0.2, 0.25) is 0 Å². The number of hydrogen-bond acceptors (Lipinski definition) is 3. The number of ether oxygens (including phenoxy) is 3. The van der Waals surface area contributed by atoms with Gasteiger partial charge in [-0.2, -0.15) is 0 Å². The van der Waals surface area contributed by atoms with E-state index in [-0.39, 0.29) is 5.41 Å². The monoisotopic (exact) mass is 270 g/mol. The van der Waals surface area contributed by atoms with E-state index in [4.69, 9.17) is 14.2 Å². The highest BCUT2D eigenvalue weighted by Gasteiger charge is 2.53. The third kappa shape index (κ3) is 2.06. The Morgan fingerprint density at radius 1 is 1.05 bits per heavy atom. The fourth-order valence-corrected chi connectivity index (χ4v) is 2.68. The Morgan fingerprint density at radius 3 is 2.21 bits per heavy atom. The standard InChI is InChI=1S/C14H16F2O3/c1-2-5-13-7-17-14(18-8-13,19-9-13)10-3-4-11(15)12(16)6-10/h3-4,6H,2,5,7-9H2,1H3. The second kappa shape index (κ2) is 4.51. The van der Waals surface area contributed by atoms with E-state index in [0.29, 0.717) is 25.4 Å². The van der Waals surface area contributed by atoms with E-state index in [1.807, 2.05) is 0 Å². The number of fused-ring (bicyclic) bond motifs is 3. The van der Waals surface area contributed by atoms with E-state index in [2.05, 4.69) is 6.92 Å². The summed E-state index contributed by atoms with van der Waals surface area (Å²) in [6.07, 6.45) is 1.98. The molecule has 0 amide bonds. The zero-order valence-electron chi connectivity index (χ0n) is 10.7. The molecule has 0 aromatic heterocycles. The van der Waals surface area contributed by atoms with Crippen molar-refractivity contribution >= 4 is 0 Å². The van der Waals surface area contributed by atoms with Gasteiger partial charge < -0.3 is 14.2 Å². The second-order valence-corrected chi connectivity index (χ2v) is 5.30. The quantitative estimate of drug-likeness (QED) is 0.845. The van der Waals surface area contributed by atoms with Gasteiger partial charge >= 0.3 is 5.97 Å². The van der Waals surface area contributed by atoms with E-state index in [0.717, 1.165) is 25.0 Å². The van der Waals surface area contributed by atoms with Gasteiger partial charge in [-0.15, -0.1) is 0 Å². The molecule has 3 fully saturated rings. The van der Waals surface area contributed by atoms with Gasteiger partial charge in [0.05, 0.1) is 19.8 Å². The molecule has 104 valence electrons. The fraction of sp³-hybridized carbons (Fsp3) is 0.571. The Bertz CT molecular complexity index is 465. The normalized spacial score (nSPS) is 33.6. The van der Waals surface area contributed by atoms with Crippen LogP contribution in [0.2, 0.25) is 0 Å². The Labute approximate surface area is 110 Å². The van der Waals surface area contributed by atoms with Gasteiger partial charge in [-0.25, -0.2) is 8.78 Å². The Balaban J connectivity index is 1.85. The third-order valence-electron chi connectivity index (χ3n) is 3.76. The summed E-state index contributed by atoms with van der Waals surface area (Å²) in [5.74, 6) is -3.20. The maximum absolute atomic E-state index is 13.3. The van der Waals surface area contributed by atoms with Gasteiger partial charge in [0.1, 0.15) is 0 Å². The van der Waals surface area contributed by atoms with Crippen molar-refractivity contribution in [1.82, 2.24) is 0 Å². The molecule has 0 unspecified atom stereocenters. The van der Waals surface area contributed by atoms with E-state index in [9.17, 15) is 8.78 Å². The summed E-state index contributed by atoms with van der Waals surface area (Å²) >= 11 is 0. The minimum atomic E-state index is -1.37. The lowest BCUT2D eigenvalue weighted by molar-refractivity contribution is -0.480. The molecule has 2 bridgehead atoms. The highest BCUT2D eigenvalue weighted by Crippen LogP contribution is 2.46. The van der Waals surface area contributed by atoms with Crippen molar-refractivity contribution in [2.75, 3.05) is 19.8 Å². The smallest absolute Gasteiger partial charge is 0.312 e. The highest BCUT2D eigenvalue weighted by molar-refractivity contribution is 5.22. The zero-order valence-corrected chi connectivity index (χ0v) is 10.7. The van der Waals surface area contributed by atoms with Crippen molar-refractivity contribution in [3.63, 3.8) is 0 Å². The van der Waals surface area contributed by atoms with Crippen LogP contribution in [0.1, 0.15) is 25.3 Å². The molecule has 0 saturated carbocycles. The molecule has 4 rings (SSSR count). The summed E-state index contributed by atoms with van der Waals surface area (Å²) < 4.78 is 43.3. The fourth-order valence-electron chi connectivity index (χ4n) is 2.68. The van der Waals surface area contributed by atoms with Crippen molar-refractivity contribution in [2.24, 2.45) is 5.41 Å². The van der Waals surface area contributed by atoms with Crippen molar-refractivity contribution in [3.8, 4) is 0 Å². The Kier molecular flexibility index (Phi) is 3.08. The summed E-state index contributed by atoms with van der Waals surface area (Å²) in [6.45, 7) is 3.64. The van der Waals surface area contributed by atoms with Crippen LogP contribution in [0.25, 0.3) is 0 Å². The number of hydrogen-bond donors (Lipinski definition) is 0. The molecule has 1 aromatic carbocycles.